The average Bonchev–Trinajstić information content (AvgIpc) is 2.54. The molecule has 2 N–H and O–H groups in total. The van der Waals surface area contributed by atoms with E-state index in [0.717, 1.165) is 6.20 Å². The van der Waals surface area contributed by atoms with Crippen LogP contribution in [0.1, 0.15) is 11.1 Å². The van der Waals surface area contributed by atoms with Crippen LogP contribution in [-0.4, -0.2) is 12.3 Å². The lowest BCUT2D eigenvalue weighted by molar-refractivity contribution is 0.125. The van der Waals surface area contributed by atoms with Crippen molar-refractivity contribution >= 4 is 5.71 Å². The lowest BCUT2D eigenvalue weighted by Crippen LogP contribution is -2.12. The molecule has 2 aromatic carbocycles. The minimum atomic E-state index is -2.71. The fourth-order valence-electron chi connectivity index (χ4n) is 1.96. The fourth-order valence-corrected chi connectivity index (χ4v) is 1.96. The predicted molar refractivity (Wildman–Crippen MR) is 81.7 cm³/mol. The Kier molecular flexibility index (Phi) is 5.15. The van der Waals surface area contributed by atoms with Crippen molar-refractivity contribution in [1.29, 1.82) is 10.7 Å². The molecule has 0 atom stereocenters. The van der Waals surface area contributed by atoms with Crippen molar-refractivity contribution in [2.75, 3.05) is 0 Å². The van der Waals surface area contributed by atoms with Gasteiger partial charge >= 0.3 is 6.55 Å². The second-order valence-electron chi connectivity index (χ2n) is 4.63. The molecule has 0 aliphatic rings. The van der Waals surface area contributed by atoms with Gasteiger partial charge in [-0.1, -0.05) is 12.1 Å². The maximum atomic E-state index is 13.0. The summed E-state index contributed by atoms with van der Waals surface area (Å²) < 4.78 is 37.0. The number of nitrogens with zero attached hydrogens (tertiary/aromatic N) is 1. The number of allylic oxidation sites excluding steroid dienone is 1. The number of nitrogens with one attached hydrogen (secondary N) is 2. The van der Waals surface area contributed by atoms with E-state index in [4.69, 9.17) is 10.7 Å². The highest BCUT2D eigenvalue weighted by molar-refractivity contribution is 6.07. The summed E-state index contributed by atoms with van der Waals surface area (Å²) in [5.41, 5.74) is 2.02. The summed E-state index contributed by atoms with van der Waals surface area (Å²) in [5, 5.41) is 18.8. The topological polar surface area (TPSA) is 59.7 Å². The second-order valence-corrected chi connectivity index (χ2v) is 4.63. The molecular formula is C17H12F3N3. The third kappa shape index (κ3) is 4.45. The number of benzene rings is 2. The van der Waals surface area contributed by atoms with Crippen LogP contribution >= 0.6 is 0 Å². The van der Waals surface area contributed by atoms with E-state index in [0.29, 0.717) is 22.3 Å². The maximum Gasteiger partial charge on any atom is 0.312 e. The highest BCUT2D eigenvalue weighted by Gasteiger charge is 2.06. The normalized spacial score (nSPS) is 10.7. The highest BCUT2D eigenvalue weighted by atomic mass is 19.3. The Morgan fingerprint density at radius 3 is 2.43 bits per heavy atom. The molecule has 0 unspecified atom stereocenters. The van der Waals surface area contributed by atoms with Gasteiger partial charge in [0.25, 0.3) is 0 Å². The van der Waals surface area contributed by atoms with Gasteiger partial charge in [0, 0.05) is 11.8 Å². The van der Waals surface area contributed by atoms with Crippen molar-refractivity contribution < 1.29 is 13.2 Å². The molecule has 0 aromatic heterocycles. The molecule has 0 radical (unpaired) electrons. The van der Waals surface area contributed by atoms with E-state index >= 15 is 0 Å². The maximum absolute atomic E-state index is 13.0. The Labute approximate surface area is 131 Å². The van der Waals surface area contributed by atoms with Gasteiger partial charge < -0.3 is 10.7 Å². The van der Waals surface area contributed by atoms with E-state index < -0.39 is 6.55 Å². The van der Waals surface area contributed by atoms with E-state index in [-0.39, 0.29) is 11.5 Å². The lowest BCUT2D eigenvalue weighted by Gasteiger charge is -2.07. The SMILES string of the molecule is N#Cc1cc(C(=N)/C=C\NC(F)F)cc(-c2ccc(F)cc2)c1. The average molecular weight is 315 g/mol. The van der Waals surface area contributed by atoms with Crippen LogP contribution in [0.5, 0.6) is 0 Å². The Morgan fingerprint density at radius 2 is 1.83 bits per heavy atom. The number of alkyl halides is 2. The van der Waals surface area contributed by atoms with Crippen molar-refractivity contribution in [2.24, 2.45) is 0 Å². The molecule has 0 aliphatic carbocycles. The number of nitriles is 1. The first-order valence-corrected chi connectivity index (χ1v) is 6.60. The quantitative estimate of drug-likeness (QED) is 0.646. The molecule has 0 amide bonds. The molecule has 0 aliphatic heterocycles. The first-order valence-electron chi connectivity index (χ1n) is 6.60. The van der Waals surface area contributed by atoms with Crippen LogP contribution in [0.25, 0.3) is 11.1 Å². The van der Waals surface area contributed by atoms with Crippen LogP contribution in [-0.2, 0) is 0 Å². The number of hydrogen-bond donors (Lipinski definition) is 2. The fraction of sp³-hybridized carbons (Fsp3) is 0.0588. The molecule has 0 saturated heterocycles. The molecule has 2 rings (SSSR count). The predicted octanol–water partition coefficient (Wildman–Crippen LogP) is 4.06. The minimum absolute atomic E-state index is 0.0291. The van der Waals surface area contributed by atoms with Crippen molar-refractivity contribution in [3.8, 4) is 17.2 Å². The smallest absolute Gasteiger partial charge is 0.312 e. The lowest BCUT2D eigenvalue weighted by atomic mass is 9.98. The van der Waals surface area contributed by atoms with Gasteiger partial charge in [0.1, 0.15) is 5.82 Å². The number of halogens is 3. The van der Waals surface area contributed by atoms with Crippen LogP contribution < -0.4 is 5.32 Å². The number of rotatable bonds is 5. The Morgan fingerprint density at radius 1 is 1.13 bits per heavy atom. The third-order valence-corrected chi connectivity index (χ3v) is 3.02. The van der Waals surface area contributed by atoms with Gasteiger partial charge in [0.15, 0.2) is 0 Å². The molecule has 0 fully saturated rings. The largest absolute Gasteiger partial charge is 0.336 e. The Bertz CT molecular complexity index is 775. The van der Waals surface area contributed by atoms with Crippen LogP contribution in [0, 0.1) is 22.6 Å². The van der Waals surface area contributed by atoms with Crippen LogP contribution in [0.2, 0.25) is 0 Å². The highest BCUT2D eigenvalue weighted by Crippen LogP contribution is 2.23. The molecular weight excluding hydrogens is 303 g/mol. The van der Waals surface area contributed by atoms with Gasteiger partial charge in [-0.2, -0.15) is 14.0 Å². The van der Waals surface area contributed by atoms with Crippen molar-refractivity contribution in [3.05, 3.63) is 71.7 Å². The molecule has 2 aromatic rings. The summed E-state index contributed by atoms with van der Waals surface area (Å²) in [6, 6.07) is 12.5. The number of hydrogen-bond acceptors (Lipinski definition) is 3. The van der Waals surface area contributed by atoms with Crippen LogP contribution in [0.4, 0.5) is 13.2 Å². The molecule has 0 bridgehead atoms. The summed E-state index contributed by atoms with van der Waals surface area (Å²) in [6.45, 7) is -2.71. The minimum Gasteiger partial charge on any atom is -0.336 e. The van der Waals surface area contributed by atoms with Crippen LogP contribution in [0.3, 0.4) is 0 Å². The third-order valence-electron chi connectivity index (χ3n) is 3.02. The van der Waals surface area contributed by atoms with Gasteiger partial charge in [0.2, 0.25) is 0 Å². The van der Waals surface area contributed by atoms with Gasteiger partial charge in [-0.05, 0) is 47.5 Å². The molecule has 3 nitrogen and oxygen atoms in total. The summed E-state index contributed by atoms with van der Waals surface area (Å²) in [6.07, 6.45) is 2.15. The summed E-state index contributed by atoms with van der Waals surface area (Å²) in [4.78, 5) is 0. The van der Waals surface area contributed by atoms with Crippen molar-refractivity contribution in [3.63, 3.8) is 0 Å². The van der Waals surface area contributed by atoms with E-state index in [2.05, 4.69) is 0 Å². The van der Waals surface area contributed by atoms with Gasteiger partial charge in [-0.3, -0.25) is 0 Å². The molecule has 0 saturated carbocycles. The summed E-state index contributed by atoms with van der Waals surface area (Å²) in [7, 11) is 0. The first kappa shape index (κ1) is 16.3. The van der Waals surface area contributed by atoms with Crippen molar-refractivity contribution in [1.82, 2.24) is 5.32 Å². The second kappa shape index (κ2) is 7.27. The molecule has 0 heterocycles. The van der Waals surface area contributed by atoms with Gasteiger partial charge in [-0.15, -0.1) is 0 Å². The zero-order chi connectivity index (χ0) is 16.8. The zero-order valence-electron chi connectivity index (χ0n) is 11.9. The zero-order valence-corrected chi connectivity index (χ0v) is 11.9. The Balaban J connectivity index is 2.36. The molecule has 0 spiro atoms. The summed E-state index contributed by atoms with van der Waals surface area (Å²) >= 11 is 0. The van der Waals surface area contributed by atoms with Crippen LogP contribution in [0.15, 0.2) is 54.7 Å². The first-order chi connectivity index (χ1) is 11.0. The summed E-state index contributed by atoms with van der Waals surface area (Å²) in [5.74, 6) is -0.376. The van der Waals surface area contributed by atoms with E-state index in [1.54, 1.807) is 29.6 Å². The molecule has 116 valence electrons. The standard InChI is InChI=1S/C17H12F3N3/c18-15-3-1-12(2-4-15)13-7-11(10-21)8-14(9-13)16(22)5-6-23-17(19)20/h1-9,17,22-23H/b6-5-,22-16?. The Hall–Kier alpha value is -3.07. The van der Waals surface area contributed by atoms with E-state index in [1.165, 1.54) is 24.3 Å². The van der Waals surface area contributed by atoms with E-state index in [1.807, 2.05) is 6.07 Å². The van der Waals surface area contributed by atoms with Gasteiger partial charge in [0.05, 0.1) is 17.3 Å². The molecule has 6 heteroatoms. The monoisotopic (exact) mass is 315 g/mol. The molecule has 23 heavy (non-hydrogen) atoms. The van der Waals surface area contributed by atoms with Crippen molar-refractivity contribution in [2.45, 2.75) is 6.55 Å². The van der Waals surface area contributed by atoms with Gasteiger partial charge in [-0.25, -0.2) is 4.39 Å². The van der Waals surface area contributed by atoms with E-state index in [9.17, 15) is 13.2 Å².